The molecule has 0 amide bonds. The third kappa shape index (κ3) is 1.14. The first kappa shape index (κ1) is 6.47. The number of fused-ring (bicyclic) bond motifs is 1. The number of hydrogen-bond donors (Lipinski definition) is 0. The summed E-state index contributed by atoms with van der Waals surface area (Å²) in [7, 11) is 0. The first-order valence-electron chi connectivity index (χ1n) is 3.82. The average Bonchev–Trinajstić information content (AvgIpc) is 2.79. The second-order valence-corrected chi connectivity index (χ2v) is 2.67. The zero-order chi connectivity index (χ0) is 7.68. The molecular formula is C10H10O. The van der Waals surface area contributed by atoms with Gasteiger partial charge in [0.1, 0.15) is 0 Å². The molecule has 0 saturated heterocycles. The molecule has 0 spiro atoms. The van der Waals surface area contributed by atoms with Crippen molar-refractivity contribution in [2.75, 3.05) is 0 Å². The summed E-state index contributed by atoms with van der Waals surface area (Å²) >= 11 is 0. The van der Waals surface area contributed by atoms with E-state index in [0.717, 1.165) is 24.3 Å². The van der Waals surface area contributed by atoms with E-state index in [1.165, 1.54) is 5.56 Å². The standard InChI is InChI=1S/C10H10O/c1-2-3-5-8-6-4-7-9-10(8)11-9/h2,4,6-7H,1,3,5H2. The minimum atomic E-state index is 1.03. The first-order chi connectivity index (χ1) is 5.42. The van der Waals surface area contributed by atoms with E-state index in [1.807, 2.05) is 18.2 Å². The Morgan fingerprint density at radius 2 is 2.36 bits per heavy atom. The van der Waals surface area contributed by atoms with Gasteiger partial charge in [-0.1, -0.05) is 18.2 Å². The fourth-order valence-electron chi connectivity index (χ4n) is 1.20. The lowest BCUT2D eigenvalue weighted by atomic mass is 10.1. The SMILES string of the molecule is C=CCCc1cccc2c1O2. The molecule has 56 valence electrons. The van der Waals surface area contributed by atoms with Crippen LogP contribution in [0.2, 0.25) is 0 Å². The van der Waals surface area contributed by atoms with Gasteiger partial charge in [-0.25, -0.2) is 0 Å². The van der Waals surface area contributed by atoms with Crippen molar-refractivity contribution in [1.82, 2.24) is 0 Å². The van der Waals surface area contributed by atoms with Crippen molar-refractivity contribution < 1.29 is 4.74 Å². The monoisotopic (exact) mass is 146 g/mol. The Morgan fingerprint density at radius 3 is 3.18 bits per heavy atom. The van der Waals surface area contributed by atoms with E-state index in [-0.39, 0.29) is 0 Å². The molecule has 1 aromatic rings. The maximum absolute atomic E-state index is 5.23. The van der Waals surface area contributed by atoms with Gasteiger partial charge < -0.3 is 4.74 Å². The van der Waals surface area contributed by atoms with Crippen LogP contribution in [0.1, 0.15) is 12.0 Å². The number of benzene rings is 1. The molecule has 0 unspecified atom stereocenters. The Hall–Kier alpha value is -1.24. The van der Waals surface area contributed by atoms with E-state index in [0.29, 0.717) is 0 Å². The van der Waals surface area contributed by atoms with Crippen LogP contribution in [0, 0.1) is 0 Å². The van der Waals surface area contributed by atoms with Crippen molar-refractivity contribution in [3.05, 3.63) is 36.4 Å². The van der Waals surface area contributed by atoms with Gasteiger partial charge in [-0.2, -0.15) is 0 Å². The Morgan fingerprint density at radius 1 is 1.45 bits per heavy atom. The van der Waals surface area contributed by atoms with Crippen LogP contribution in [0.3, 0.4) is 0 Å². The lowest BCUT2D eigenvalue weighted by Crippen LogP contribution is -1.77. The molecular weight excluding hydrogens is 136 g/mol. The van der Waals surface area contributed by atoms with Gasteiger partial charge in [0.15, 0.2) is 11.5 Å². The van der Waals surface area contributed by atoms with Crippen molar-refractivity contribution in [3.63, 3.8) is 0 Å². The van der Waals surface area contributed by atoms with Gasteiger partial charge in [0.05, 0.1) is 0 Å². The maximum Gasteiger partial charge on any atom is 0.173 e. The number of allylic oxidation sites excluding steroid dienone is 1. The van der Waals surface area contributed by atoms with Crippen molar-refractivity contribution in [2.24, 2.45) is 0 Å². The van der Waals surface area contributed by atoms with Crippen LogP contribution < -0.4 is 4.74 Å². The molecule has 1 heterocycles. The molecule has 0 saturated carbocycles. The highest BCUT2D eigenvalue weighted by molar-refractivity contribution is 5.59. The normalized spacial score (nSPS) is 11.6. The number of hydrogen-bond acceptors (Lipinski definition) is 1. The molecule has 0 radical (unpaired) electrons. The first-order valence-corrected chi connectivity index (χ1v) is 3.82. The highest BCUT2D eigenvalue weighted by Gasteiger charge is 2.22. The van der Waals surface area contributed by atoms with E-state index < -0.39 is 0 Å². The number of ether oxygens (including phenoxy) is 1. The van der Waals surface area contributed by atoms with Crippen molar-refractivity contribution in [3.8, 4) is 11.5 Å². The summed E-state index contributed by atoms with van der Waals surface area (Å²) in [6, 6.07) is 6.13. The predicted molar refractivity (Wildman–Crippen MR) is 45.0 cm³/mol. The van der Waals surface area contributed by atoms with Gasteiger partial charge in [0.2, 0.25) is 0 Å². The smallest absolute Gasteiger partial charge is 0.173 e. The highest BCUT2D eigenvalue weighted by atomic mass is 16.6. The second-order valence-electron chi connectivity index (χ2n) is 2.67. The Balaban J connectivity index is 2.14. The van der Waals surface area contributed by atoms with E-state index >= 15 is 0 Å². The summed E-state index contributed by atoms with van der Waals surface area (Å²) in [4.78, 5) is 0. The van der Waals surface area contributed by atoms with Crippen LogP contribution in [-0.2, 0) is 6.42 Å². The average molecular weight is 146 g/mol. The summed E-state index contributed by atoms with van der Waals surface area (Å²) in [6.07, 6.45) is 4.01. The zero-order valence-corrected chi connectivity index (χ0v) is 6.34. The minimum absolute atomic E-state index is 1.03. The van der Waals surface area contributed by atoms with Crippen molar-refractivity contribution >= 4 is 0 Å². The molecule has 11 heavy (non-hydrogen) atoms. The molecule has 2 rings (SSSR count). The van der Waals surface area contributed by atoms with Crippen molar-refractivity contribution in [1.29, 1.82) is 0 Å². The fourth-order valence-corrected chi connectivity index (χ4v) is 1.20. The summed E-state index contributed by atoms with van der Waals surface area (Å²) in [6.45, 7) is 3.68. The molecule has 1 nitrogen and oxygen atoms in total. The Labute approximate surface area is 66.3 Å². The van der Waals surface area contributed by atoms with Gasteiger partial charge >= 0.3 is 0 Å². The van der Waals surface area contributed by atoms with Gasteiger partial charge in [-0.15, -0.1) is 6.58 Å². The topological polar surface area (TPSA) is 12.5 Å². The van der Waals surface area contributed by atoms with E-state index in [4.69, 9.17) is 4.74 Å². The largest absolute Gasteiger partial charge is 0.449 e. The van der Waals surface area contributed by atoms with Gasteiger partial charge in [-0.05, 0) is 24.5 Å². The molecule has 0 atom stereocenters. The van der Waals surface area contributed by atoms with Gasteiger partial charge in [0.25, 0.3) is 0 Å². The van der Waals surface area contributed by atoms with Crippen LogP contribution in [0.15, 0.2) is 30.9 Å². The van der Waals surface area contributed by atoms with E-state index in [1.54, 1.807) is 0 Å². The van der Waals surface area contributed by atoms with Crippen LogP contribution in [0.4, 0.5) is 0 Å². The molecule has 0 N–H and O–H groups in total. The predicted octanol–water partition coefficient (Wildman–Crippen LogP) is 2.91. The van der Waals surface area contributed by atoms with Crippen LogP contribution >= 0.6 is 0 Å². The molecule has 0 aromatic heterocycles. The summed E-state index contributed by atoms with van der Waals surface area (Å²) < 4.78 is 5.23. The van der Waals surface area contributed by atoms with Gasteiger partial charge in [0, 0.05) is 0 Å². The lowest BCUT2D eigenvalue weighted by molar-refractivity contribution is 0.643. The summed E-state index contributed by atoms with van der Waals surface area (Å²) in [5.41, 5.74) is 1.31. The molecule has 0 bridgehead atoms. The Kier molecular flexibility index (Phi) is 1.42. The number of rotatable bonds is 3. The van der Waals surface area contributed by atoms with E-state index in [9.17, 15) is 0 Å². The van der Waals surface area contributed by atoms with Crippen LogP contribution in [0.25, 0.3) is 0 Å². The summed E-state index contributed by atoms with van der Waals surface area (Å²) in [5, 5.41) is 0. The molecule has 1 aliphatic heterocycles. The number of aryl methyl sites for hydroxylation is 1. The molecule has 0 fully saturated rings. The molecule has 0 aliphatic carbocycles. The third-order valence-electron chi connectivity index (χ3n) is 1.85. The molecule has 1 aliphatic rings. The quantitative estimate of drug-likeness (QED) is 0.479. The molecule has 1 heteroatoms. The summed E-state index contributed by atoms with van der Waals surface area (Å²) in [5.74, 6) is 2.14. The highest BCUT2D eigenvalue weighted by Crippen LogP contribution is 2.47. The Bertz CT molecular complexity index is 289. The third-order valence-corrected chi connectivity index (χ3v) is 1.85. The van der Waals surface area contributed by atoms with Crippen molar-refractivity contribution in [2.45, 2.75) is 12.8 Å². The minimum Gasteiger partial charge on any atom is -0.449 e. The fraction of sp³-hybridized carbons (Fsp3) is 0.200. The number of para-hydroxylation sites is 1. The second kappa shape index (κ2) is 2.42. The van der Waals surface area contributed by atoms with E-state index in [2.05, 4.69) is 12.6 Å². The maximum atomic E-state index is 5.23. The lowest BCUT2D eigenvalue weighted by Gasteiger charge is -1.91. The molecule has 1 aromatic carbocycles. The van der Waals surface area contributed by atoms with Crippen LogP contribution in [0.5, 0.6) is 11.5 Å². The van der Waals surface area contributed by atoms with Gasteiger partial charge in [-0.3, -0.25) is 0 Å². The zero-order valence-electron chi connectivity index (χ0n) is 6.34. The van der Waals surface area contributed by atoms with Crippen LogP contribution in [-0.4, -0.2) is 0 Å².